The molecule has 0 aliphatic carbocycles. The van der Waals surface area contributed by atoms with E-state index in [2.05, 4.69) is 48.1 Å². The number of aliphatic hydroxyl groups excluding tert-OH is 1. The molecule has 8 heteroatoms. The molecule has 0 radical (unpaired) electrons. The minimum atomic E-state index is -0.480. The van der Waals surface area contributed by atoms with Crippen LogP contribution in [0.1, 0.15) is 39.2 Å². The summed E-state index contributed by atoms with van der Waals surface area (Å²) < 4.78 is 32.9. The molecule has 1 aliphatic rings. The lowest BCUT2D eigenvalue weighted by Gasteiger charge is -2.30. The first-order chi connectivity index (χ1) is 20.2. The normalized spacial score (nSPS) is 14.6. The van der Waals surface area contributed by atoms with Crippen molar-refractivity contribution in [2.24, 2.45) is 5.92 Å². The van der Waals surface area contributed by atoms with Crippen LogP contribution in [0.2, 0.25) is 0 Å². The third kappa shape index (κ3) is 7.12. The molecule has 5 rings (SSSR count). The summed E-state index contributed by atoms with van der Waals surface area (Å²) in [4.78, 5) is 6.84. The molecule has 42 heavy (non-hydrogen) atoms. The van der Waals surface area contributed by atoms with E-state index >= 15 is 4.39 Å². The molecular weight excluding hydrogens is 533 g/mol. The first-order valence-corrected chi connectivity index (χ1v) is 14.5. The van der Waals surface area contributed by atoms with Gasteiger partial charge in [0.05, 0.1) is 12.6 Å². The summed E-state index contributed by atoms with van der Waals surface area (Å²) >= 11 is 0. The SMILES string of the molecule is COc1cc2c(Oc3ccc(Nc4ccc(C(C)(C)C)cc4)cc3F)ccnc2cc1OCCN1CCC(CO)CC1. The number of rotatable bonds is 10. The predicted octanol–water partition coefficient (Wildman–Crippen LogP) is 7.30. The number of methoxy groups -OCH3 is 1. The van der Waals surface area contributed by atoms with Crippen LogP contribution in [-0.2, 0) is 5.41 Å². The number of nitrogens with one attached hydrogen (secondary N) is 1. The molecule has 0 amide bonds. The van der Waals surface area contributed by atoms with Gasteiger partial charge in [-0.3, -0.25) is 9.88 Å². The third-order valence-electron chi connectivity index (χ3n) is 7.81. The van der Waals surface area contributed by atoms with Gasteiger partial charge in [0, 0.05) is 48.2 Å². The number of fused-ring (bicyclic) bond motifs is 1. The summed E-state index contributed by atoms with van der Waals surface area (Å²) in [5, 5.41) is 13.3. The number of anilines is 2. The van der Waals surface area contributed by atoms with Crippen LogP contribution in [0.5, 0.6) is 23.0 Å². The minimum Gasteiger partial charge on any atom is -0.493 e. The maximum absolute atomic E-state index is 15.2. The quantitative estimate of drug-likeness (QED) is 0.206. The highest BCUT2D eigenvalue weighted by atomic mass is 19.1. The van der Waals surface area contributed by atoms with E-state index in [1.807, 2.05) is 24.3 Å². The first kappa shape index (κ1) is 29.6. The second kappa shape index (κ2) is 13.0. The summed E-state index contributed by atoms with van der Waals surface area (Å²) in [7, 11) is 1.59. The molecule has 1 aliphatic heterocycles. The molecule has 0 unspecified atom stereocenters. The Kier molecular flexibility index (Phi) is 9.14. The van der Waals surface area contributed by atoms with E-state index in [-0.39, 0.29) is 17.8 Å². The zero-order valence-corrected chi connectivity index (χ0v) is 24.8. The largest absolute Gasteiger partial charge is 0.493 e. The summed E-state index contributed by atoms with van der Waals surface area (Å²) in [5.74, 6) is 1.65. The second-order valence-corrected chi connectivity index (χ2v) is 11.8. The van der Waals surface area contributed by atoms with Gasteiger partial charge in [-0.25, -0.2) is 4.39 Å². The minimum absolute atomic E-state index is 0.0679. The number of piperidine rings is 1. The zero-order valence-electron chi connectivity index (χ0n) is 24.8. The topological polar surface area (TPSA) is 76.1 Å². The fourth-order valence-corrected chi connectivity index (χ4v) is 5.17. The van der Waals surface area contributed by atoms with Crippen LogP contribution in [0.25, 0.3) is 10.9 Å². The first-order valence-electron chi connectivity index (χ1n) is 14.5. The van der Waals surface area contributed by atoms with Crippen molar-refractivity contribution in [3.05, 3.63) is 78.2 Å². The Balaban J connectivity index is 1.26. The van der Waals surface area contributed by atoms with Gasteiger partial charge >= 0.3 is 0 Å². The number of halogens is 1. The Morgan fingerprint density at radius 1 is 0.929 bits per heavy atom. The Morgan fingerprint density at radius 3 is 2.33 bits per heavy atom. The van der Waals surface area contributed by atoms with Crippen molar-refractivity contribution in [2.45, 2.75) is 39.0 Å². The van der Waals surface area contributed by atoms with E-state index in [0.717, 1.165) is 38.2 Å². The number of hydrogen-bond donors (Lipinski definition) is 2. The zero-order chi connectivity index (χ0) is 29.7. The van der Waals surface area contributed by atoms with Crippen molar-refractivity contribution in [3.8, 4) is 23.0 Å². The smallest absolute Gasteiger partial charge is 0.167 e. The van der Waals surface area contributed by atoms with Crippen molar-refractivity contribution < 1.29 is 23.7 Å². The van der Waals surface area contributed by atoms with E-state index in [1.165, 1.54) is 11.6 Å². The van der Waals surface area contributed by atoms with Crippen molar-refractivity contribution >= 4 is 22.3 Å². The molecule has 222 valence electrons. The highest BCUT2D eigenvalue weighted by molar-refractivity contribution is 5.88. The Morgan fingerprint density at radius 2 is 1.67 bits per heavy atom. The number of likely N-dealkylation sites (tertiary alicyclic amines) is 1. The molecule has 4 aromatic rings. The standard InChI is InChI=1S/C34H40FN3O4/c1-34(2,3)24-5-7-25(8-6-24)37-26-9-10-31(28(35)19-26)42-30-11-14-36-29-21-33(32(40-4)20-27(29)30)41-18-17-38-15-12-23(22-39)13-16-38/h5-11,14,19-21,23,37,39H,12-13,15-18,22H2,1-4H3. The van der Waals surface area contributed by atoms with Crippen LogP contribution < -0.4 is 19.5 Å². The highest BCUT2D eigenvalue weighted by Crippen LogP contribution is 2.38. The number of pyridine rings is 1. The van der Waals surface area contributed by atoms with E-state index in [1.54, 1.807) is 31.5 Å². The molecule has 1 aromatic heterocycles. The average Bonchev–Trinajstić information content (AvgIpc) is 2.98. The molecule has 1 saturated heterocycles. The van der Waals surface area contributed by atoms with Gasteiger partial charge in [-0.15, -0.1) is 0 Å². The average molecular weight is 574 g/mol. The number of aliphatic hydroxyl groups is 1. The van der Waals surface area contributed by atoms with E-state index in [4.69, 9.17) is 14.2 Å². The van der Waals surface area contributed by atoms with Gasteiger partial charge in [-0.05, 0) is 79.2 Å². The van der Waals surface area contributed by atoms with E-state index in [0.29, 0.717) is 46.4 Å². The molecule has 2 heterocycles. The molecule has 2 N–H and O–H groups in total. The van der Waals surface area contributed by atoms with E-state index < -0.39 is 5.82 Å². The summed E-state index contributed by atoms with van der Waals surface area (Å²) in [6.45, 7) is 10.0. The molecule has 0 atom stereocenters. The van der Waals surface area contributed by atoms with Crippen molar-refractivity contribution in [3.63, 3.8) is 0 Å². The number of ether oxygens (including phenoxy) is 3. The van der Waals surface area contributed by atoms with E-state index in [9.17, 15) is 5.11 Å². The van der Waals surface area contributed by atoms with Crippen molar-refractivity contribution in [1.29, 1.82) is 0 Å². The lowest BCUT2D eigenvalue weighted by atomic mass is 9.87. The molecule has 0 spiro atoms. The Labute approximate surface area is 247 Å². The molecular formula is C34H40FN3O4. The highest BCUT2D eigenvalue weighted by Gasteiger charge is 2.19. The van der Waals surface area contributed by atoms with Crippen LogP contribution in [0.3, 0.4) is 0 Å². The number of aromatic nitrogens is 1. The van der Waals surface area contributed by atoms with Crippen LogP contribution >= 0.6 is 0 Å². The van der Waals surface area contributed by atoms with Crippen LogP contribution in [0.15, 0.2) is 66.9 Å². The lowest BCUT2D eigenvalue weighted by molar-refractivity contribution is 0.118. The molecule has 0 bridgehead atoms. The van der Waals surface area contributed by atoms with Gasteiger partial charge in [0.1, 0.15) is 12.4 Å². The van der Waals surface area contributed by atoms with Gasteiger partial charge in [0.25, 0.3) is 0 Å². The van der Waals surface area contributed by atoms with Crippen LogP contribution in [0, 0.1) is 11.7 Å². The monoisotopic (exact) mass is 573 g/mol. The van der Waals surface area contributed by atoms with Crippen molar-refractivity contribution in [2.75, 3.05) is 45.3 Å². The van der Waals surface area contributed by atoms with Crippen molar-refractivity contribution in [1.82, 2.24) is 9.88 Å². The van der Waals surface area contributed by atoms with Gasteiger partial charge < -0.3 is 24.6 Å². The van der Waals surface area contributed by atoms with Crippen LogP contribution in [-0.4, -0.2) is 54.9 Å². The summed E-state index contributed by atoms with van der Waals surface area (Å²) in [6.07, 6.45) is 3.65. The fourth-order valence-electron chi connectivity index (χ4n) is 5.17. The lowest BCUT2D eigenvalue weighted by Crippen LogP contribution is -2.37. The third-order valence-corrected chi connectivity index (χ3v) is 7.81. The maximum Gasteiger partial charge on any atom is 0.167 e. The number of benzene rings is 3. The van der Waals surface area contributed by atoms with Gasteiger partial charge in [-0.2, -0.15) is 0 Å². The second-order valence-electron chi connectivity index (χ2n) is 11.8. The number of hydrogen-bond acceptors (Lipinski definition) is 7. The van der Waals surface area contributed by atoms with Gasteiger partial charge in [0.2, 0.25) is 0 Å². The maximum atomic E-state index is 15.2. The molecule has 0 saturated carbocycles. The number of nitrogens with zero attached hydrogens (tertiary/aromatic N) is 2. The molecule has 3 aromatic carbocycles. The van der Waals surface area contributed by atoms with Gasteiger partial charge in [-0.1, -0.05) is 32.9 Å². The summed E-state index contributed by atoms with van der Waals surface area (Å²) in [6, 6.07) is 18.3. The van der Waals surface area contributed by atoms with Crippen LogP contribution in [0.4, 0.5) is 15.8 Å². The molecule has 7 nitrogen and oxygen atoms in total. The summed E-state index contributed by atoms with van der Waals surface area (Å²) in [5.41, 5.74) is 3.47. The Hall–Kier alpha value is -3.88. The molecule has 1 fully saturated rings. The Bertz CT molecular complexity index is 1500. The van der Waals surface area contributed by atoms with Gasteiger partial charge in [0.15, 0.2) is 23.1 Å². The predicted molar refractivity (Wildman–Crippen MR) is 165 cm³/mol. The fraction of sp³-hybridized carbons (Fsp3) is 0.382.